The Hall–Kier alpha value is -1.03. The number of aromatic amines is 1. The van der Waals surface area contributed by atoms with E-state index in [4.69, 9.17) is 5.73 Å². The Morgan fingerprint density at radius 3 is 2.68 bits per heavy atom. The van der Waals surface area contributed by atoms with Gasteiger partial charge < -0.3 is 16.0 Å². The van der Waals surface area contributed by atoms with Gasteiger partial charge in [-0.2, -0.15) is 16.1 Å². The summed E-state index contributed by atoms with van der Waals surface area (Å²) in [6.45, 7) is 4.89. The largest absolute Gasteiger partial charge is 0.356 e. The summed E-state index contributed by atoms with van der Waals surface area (Å²) in [5.41, 5.74) is 5.24. The van der Waals surface area contributed by atoms with Crippen LogP contribution in [0.25, 0.3) is 0 Å². The second kappa shape index (κ2) is 6.61. The molecule has 0 atom stereocenters. The molecule has 1 saturated heterocycles. The first kappa shape index (κ1) is 17.3. The van der Waals surface area contributed by atoms with Crippen molar-refractivity contribution in [3.8, 4) is 0 Å². The van der Waals surface area contributed by atoms with E-state index in [1.54, 1.807) is 25.6 Å². The molecule has 0 radical (unpaired) electrons. The Kier molecular flexibility index (Phi) is 5.21. The number of rotatable bonds is 5. The van der Waals surface area contributed by atoms with E-state index in [0.29, 0.717) is 13.1 Å². The molecule has 2 rings (SSSR count). The normalized spacial score (nSPS) is 17.4. The number of sulfonamides is 1. The van der Waals surface area contributed by atoms with E-state index >= 15 is 0 Å². The summed E-state index contributed by atoms with van der Waals surface area (Å²) in [5, 5.41) is 2.76. The predicted molar refractivity (Wildman–Crippen MR) is 87.5 cm³/mol. The molecule has 1 aromatic heterocycles. The zero-order valence-electron chi connectivity index (χ0n) is 12.8. The Morgan fingerprint density at radius 1 is 1.45 bits per heavy atom. The smallest absolute Gasteiger partial charge is 0.268 e. The van der Waals surface area contributed by atoms with E-state index in [0.717, 1.165) is 11.5 Å². The molecule has 0 saturated carbocycles. The van der Waals surface area contributed by atoms with Crippen LogP contribution in [0.2, 0.25) is 0 Å². The number of carbonyl (C=O) groups is 1. The molecule has 0 unspecified atom stereocenters. The average Bonchev–Trinajstić information content (AvgIpc) is 2.98. The number of nitrogens with zero attached hydrogens (tertiary/aromatic N) is 1. The van der Waals surface area contributed by atoms with E-state index in [9.17, 15) is 13.2 Å². The highest BCUT2D eigenvalue weighted by Gasteiger charge is 2.28. The first-order valence-electron chi connectivity index (χ1n) is 7.05. The van der Waals surface area contributed by atoms with Gasteiger partial charge in [-0.15, -0.1) is 0 Å². The summed E-state index contributed by atoms with van der Waals surface area (Å²) in [6.07, 6.45) is 1.36. The molecule has 0 aliphatic carbocycles. The maximum Gasteiger partial charge on any atom is 0.268 e. The molecule has 2 heterocycles. The lowest BCUT2D eigenvalue weighted by Gasteiger charge is -2.25. The van der Waals surface area contributed by atoms with Crippen molar-refractivity contribution >= 4 is 27.7 Å². The van der Waals surface area contributed by atoms with E-state index in [1.165, 1.54) is 16.6 Å². The average molecular weight is 346 g/mol. The molecule has 1 fully saturated rings. The minimum Gasteiger partial charge on any atom is -0.356 e. The van der Waals surface area contributed by atoms with Gasteiger partial charge in [0.15, 0.2) is 0 Å². The van der Waals surface area contributed by atoms with Gasteiger partial charge in [0.1, 0.15) is 10.6 Å². The van der Waals surface area contributed by atoms with Gasteiger partial charge in [-0.3, -0.25) is 4.79 Å². The van der Waals surface area contributed by atoms with E-state index in [1.807, 2.05) is 0 Å². The minimum absolute atomic E-state index is 0.120. The third-order valence-corrected chi connectivity index (χ3v) is 6.29. The fourth-order valence-corrected chi connectivity index (χ4v) is 4.59. The highest BCUT2D eigenvalue weighted by Crippen LogP contribution is 2.21. The molecular weight excluding hydrogens is 324 g/mol. The summed E-state index contributed by atoms with van der Waals surface area (Å²) >= 11 is 1.74. The molecule has 1 aliphatic rings. The van der Waals surface area contributed by atoms with Crippen LogP contribution in [0.3, 0.4) is 0 Å². The van der Waals surface area contributed by atoms with Crippen molar-refractivity contribution in [2.24, 2.45) is 5.73 Å². The standard InChI is InChI=1S/C13H22N4O3S2/c1-13(2,9-14)16-12(18)11-7-10(8-15-11)22(19,20)17-3-5-21-6-4-17/h7-8,15H,3-6,9,14H2,1-2H3,(H,16,18). The summed E-state index contributed by atoms with van der Waals surface area (Å²) < 4.78 is 26.5. The van der Waals surface area contributed by atoms with Crippen LogP contribution in [0.4, 0.5) is 0 Å². The molecule has 0 bridgehead atoms. The summed E-state index contributed by atoms with van der Waals surface area (Å²) in [5.74, 6) is 1.22. The highest BCUT2D eigenvalue weighted by molar-refractivity contribution is 7.99. The number of hydrogen-bond donors (Lipinski definition) is 3. The minimum atomic E-state index is -3.54. The van der Waals surface area contributed by atoms with Crippen molar-refractivity contribution < 1.29 is 13.2 Å². The molecule has 0 aromatic carbocycles. The van der Waals surface area contributed by atoms with Gasteiger partial charge in [0.2, 0.25) is 10.0 Å². The number of thioether (sulfide) groups is 1. The highest BCUT2D eigenvalue weighted by atomic mass is 32.2. The van der Waals surface area contributed by atoms with Crippen LogP contribution in [-0.2, 0) is 10.0 Å². The molecule has 22 heavy (non-hydrogen) atoms. The maximum atomic E-state index is 12.5. The molecule has 1 aromatic rings. The Balaban J connectivity index is 2.15. The van der Waals surface area contributed by atoms with Crippen molar-refractivity contribution in [2.45, 2.75) is 24.3 Å². The first-order valence-corrected chi connectivity index (χ1v) is 9.65. The van der Waals surface area contributed by atoms with Gasteiger partial charge in [-0.1, -0.05) is 0 Å². The lowest BCUT2D eigenvalue weighted by Crippen LogP contribution is -2.48. The number of amides is 1. The maximum absolute atomic E-state index is 12.5. The lowest BCUT2D eigenvalue weighted by atomic mass is 10.1. The van der Waals surface area contributed by atoms with Crippen molar-refractivity contribution in [3.05, 3.63) is 18.0 Å². The fraction of sp³-hybridized carbons (Fsp3) is 0.615. The predicted octanol–water partition coefficient (Wildman–Crippen LogP) is 0.219. The third kappa shape index (κ3) is 3.83. The topological polar surface area (TPSA) is 108 Å². The zero-order chi connectivity index (χ0) is 16.4. The van der Waals surface area contributed by atoms with Crippen LogP contribution >= 0.6 is 11.8 Å². The van der Waals surface area contributed by atoms with Crippen LogP contribution in [0.1, 0.15) is 24.3 Å². The van der Waals surface area contributed by atoms with Crippen LogP contribution in [0.15, 0.2) is 17.2 Å². The number of aromatic nitrogens is 1. The van der Waals surface area contributed by atoms with E-state index in [2.05, 4.69) is 10.3 Å². The molecule has 0 spiro atoms. The van der Waals surface area contributed by atoms with Gasteiger partial charge in [0, 0.05) is 42.9 Å². The van der Waals surface area contributed by atoms with E-state index < -0.39 is 15.6 Å². The molecule has 4 N–H and O–H groups in total. The van der Waals surface area contributed by atoms with Crippen molar-refractivity contribution in [1.29, 1.82) is 0 Å². The zero-order valence-corrected chi connectivity index (χ0v) is 14.4. The van der Waals surface area contributed by atoms with Gasteiger partial charge in [0.25, 0.3) is 5.91 Å². The first-order chi connectivity index (χ1) is 10.3. The number of carbonyl (C=O) groups excluding carboxylic acids is 1. The third-order valence-electron chi connectivity index (χ3n) is 3.47. The van der Waals surface area contributed by atoms with Gasteiger partial charge in [0.05, 0.1) is 0 Å². The fourth-order valence-electron chi connectivity index (χ4n) is 2.02. The quantitative estimate of drug-likeness (QED) is 0.707. The molecular formula is C13H22N4O3S2. The number of hydrogen-bond acceptors (Lipinski definition) is 5. The molecule has 7 nitrogen and oxygen atoms in total. The number of nitrogens with two attached hydrogens (primary N) is 1. The molecule has 1 amide bonds. The Labute approximate surface area is 135 Å². The number of nitrogens with one attached hydrogen (secondary N) is 2. The Morgan fingerprint density at radius 2 is 2.09 bits per heavy atom. The van der Waals surface area contributed by atoms with Crippen LogP contribution in [-0.4, -0.2) is 60.3 Å². The van der Waals surface area contributed by atoms with Crippen molar-refractivity contribution in [2.75, 3.05) is 31.1 Å². The van der Waals surface area contributed by atoms with Crippen LogP contribution in [0.5, 0.6) is 0 Å². The monoisotopic (exact) mass is 346 g/mol. The lowest BCUT2D eigenvalue weighted by molar-refractivity contribution is 0.0911. The van der Waals surface area contributed by atoms with E-state index in [-0.39, 0.29) is 23.0 Å². The van der Waals surface area contributed by atoms with Gasteiger partial charge >= 0.3 is 0 Å². The van der Waals surface area contributed by atoms with Crippen molar-refractivity contribution in [1.82, 2.24) is 14.6 Å². The number of H-pyrrole nitrogens is 1. The van der Waals surface area contributed by atoms with Crippen LogP contribution in [0, 0.1) is 0 Å². The second-order valence-corrected chi connectivity index (χ2v) is 8.97. The SMILES string of the molecule is CC(C)(CN)NC(=O)c1cc(S(=O)(=O)N2CCSCC2)c[nH]1. The van der Waals surface area contributed by atoms with Crippen LogP contribution < -0.4 is 11.1 Å². The summed E-state index contributed by atoms with van der Waals surface area (Å²) in [6, 6.07) is 1.37. The molecule has 1 aliphatic heterocycles. The van der Waals surface area contributed by atoms with Crippen molar-refractivity contribution in [3.63, 3.8) is 0 Å². The summed E-state index contributed by atoms with van der Waals surface area (Å²) in [4.78, 5) is 15.0. The van der Waals surface area contributed by atoms with Gasteiger partial charge in [-0.05, 0) is 19.9 Å². The second-order valence-electron chi connectivity index (χ2n) is 5.81. The Bertz CT molecular complexity index is 633. The molecule has 9 heteroatoms. The molecule has 124 valence electrons. The van der Waals surface area contributed by atoms with Gasteiger partial charge in [-0.25, -0.2) is 8.42 Å². The summed E-state index contributed by atoms with van der Waals surface area (Å²) in [7, 11) is -3.54.